The van der Waals surface area contributed by atoms with Crippen LogP contribution in [0.1, 0.15) is 44.2 Å². The summed E-state index contributed by atoms with van der Waals surface area (Å²) in [5.74, 6) is 8.42. The maximum absolute atomic E-state index is 5.88. The number of hydrogen-bond donors (Lipinski definition) is 0. The normalized spacial score (nSPS) is 10.5. The molecule has 0 amide bonds. The summed E-state index contributed by atoms with van der Waals surface area (Å²) in [5.41, 5.74) is 4.35. The zero-order valence-electron chi connectivity index (χ0n) is 19.4. The second kappa shape index (κ2) is 11.2. The fourth-order valence-electron chi connectivity index (χ4n) is 3.73. The average molecular weight is 435 g/mol. The van der Waals surface area contributed by atoms with E-state index in [-0.39, 0.29) is 0 Å². The SMILES string of the molecule is CCCCCOc1ccc2cc(C#Cc3ccc(-c4ccc(OCC)cc4)cc3)ccc2c1. The maximum Gasteiger partial charge on any atom is 0.119 e. The lowest BCUT2D eigenvalue weighted by atomic mass is 10.0. The first-order valence-electron chi connectivity index (χ1n) is 11.8. The number of fused-ring (bicyclic) bond motifs is 1. The van der Waals surface area contributed by atoms with Crippen LogP contribution >= 0.6 is 0 Å². The Morgan fingerprint density at radius 3 is 1.91 bits per heavy atom. The van der Waals surface area contributed by atoms with E-state index in [1.54, 1.807) is 0 Å². The van der Waals surface area contributed by atoms with Crippen LogP contribution in [-0.4, -0.2) is 13.2 Å². The molecule has 166 valence electrons. The first-order chi connectivity index (χ1) is 16.2. The number of unbranched alkanes of at least 4 members (excludes halogenated alkanes) is 2. The van der Waals surface area contributed by atoms with Crippen LogP contribution < -0.4 is 9.47 Å². The Bertz CT molecular complexity index is 1240. The van der Waals surface area contributed by atoms with Gasteiger partial charge in [0.2, 0.25) is 0 Å². The van der Waals surface area contributed by atoms with Crippen molar-refractivity contribution in [3.63, 3.8) is 0 Å². The van der Waals surface area contributed by atoms with Gasteiger partial charge >= 0.3 is 0 Å². The molecule has 4 rings (SSSR count). The van der Waals surface area contributed by atoms with Crippen molar-refractivity contribution >= 4 is 10.8 Å². The van der Waals surface area contributed by atoms with E-state index in [0.717, 1.165) is 35.7 Å². The van der Waals surface area contributed by atoms with Gasteiger partial charge in [0.25, 0.3) is 0 Å². The van der Waals surface area contributed by atoms with Crippen molar-refractivity contribution in [3.05, 3.63) is 96.1 Å². The van der Waals surface area contributed by atoms with Crippen molar-refractivity contribution in [1.82, 2.24) is 0 Å². The highest BCUT2D eigenvalue weighted by atomic mass is 16.5. The first-order valence-corrected chi connectivity index (χ1v) is 11.8. The Balaban J connectivity index is 1.43. The molecule has 4 aromatic carbocycles. The van der Waals surface area contributed by atoms with Gasteiger partial charge in [-0.05, 0) is 83.8 Å². The van der Waals surface area contributed by atoms with E-state index in [1.165, 1.54) is 34.7 Å². The van der Waals surface area contributed by atoms with Crippen molar-refractivity contribution in [3.8, 4) is 34.5 Å². The van der Waals surface area contributed by atoms with Crippen LogP contribution in [0.2, 0.25) is 0 Å². The molecule has 0 atom stereocenters. The molecule has 0 aliphatic heterocycles. The molecular weight excluding hydrogens is 404 g/mol. The lowest BCUT2D eigenvalue weighted by Gasteiger charge is -2.07. The number of benzene rings is 4. The first kappa shape index (κ1) is 22.5. The lowest BCUT2D eigenvalue weighted by molar-refractivity contribution is 0.306. The Morgan fingerprint density at radius 1 is 0.576 bits per heavy atom. The minimum Gasteiger partial charge on any atom is -0.494 e. The van der Waals surface area contributed by atoms with Crippen LogP contribution in [0.4, 0.5) is 0 Å². The minimum atomic E-state index is 0.679. The zero-order chi connectivity index (χ0) is 22.9. The second-order valence-electron chi connectivity index (χ2n) is 8.06. The summed E-state index contributed by atoms with van der Waals surface area (Å²) in [5, 5.41) is 2.35. The monoisotopic (exact) mass is 434 g/mol. The minimum absolute atomic E-state index is 0.679. The molecule has 0 saturated heterocycles. The van der Waals surface area contributed by atoms with Crippen LogP contribution in [0, 0.1) is 11.8 Å². The molecule has 0 aliphatic rings. The highest BCUT2D eigenvalue weighted by Gasteiger charge is 2.01. The Labute approximate surface area is 197 Å². The Morgan fingerprint density at radius 2 is 1.18 bits per heavy atom. The average Bonchev–Trinajstić information content (AvgIpc) is 2.86. The molecule has 0 aliphatic carbocycles. The van der Waals surface area contributed by atoms with Gasteiger partial charge in [0.1, 0.15) is 11.5 Å². The predicted molar refractivity (Wildman–Crippen MR) is 138 cm³/mol. The largest absolute Gasteiger partial charge is 0.494 e. The number of hydrogen-bond acceptors (Lipinski definition) is 2. The molecule has 2 heteroatoms. The topological polar surface area (TPSA) is 18.5 Å². The van der Waals surface area contributed by atoms with Crippen LogP contribution in [0.5, 0.6) is 11.5 Å². The van der Waals surface area contributed by atoms with Crippen molar-refractivity contribution in [2.75, 3.05) is 13.2 Å². The van der Waals surface area contributed by atoms with Gasteiger partial charge in [0.05, 0.1) is 13.2 Å². The van der Waals surface area contributed by atoms with Gasteiger partial charge in [0.15, 0.2) is 0 Å². The number of ether oxygens (including phenoxy) is 2. The highest BCUT2D eigenvalue weighted by Crippen LogP contribution is 2.24. The molecular formula is C31H30O2. The third-order valence-electron chi connectivity index (χ3n) is 5.56. The van der Waals surface area contributed by atoms with E-state index in [1.807, 2.05) is 25.1 Å². The van der Waals surface area contributed by atoms with E-state index in [2.05, 4.69) is 85.5 Å². The summed E-state index contributed by atoms with van der Waals surface area (Å²) in [7, 11) is 0. The molecule has 33 heavy (non-hydrogen) atoms. The fraction of sp³-hybridized carbons (Fsp3) is 0.226. The molecule has 0 unspecified atom stereocenters. The van der Waals surface area contributed by atoms with Crippen LogP contribution in [0.3, 0.4) is 0 Å². The molecule has 0 heterocycles. The van der Waals surface area contributed by atoms with Crippen LogP contribution in [0.25, 0.3) is 21.9 Å². The van der Waals surface area contributed by atoms with Crippen LogP contribution in [0.15, 0.2) is 84.9 Å². The van der Waals surface area contributed by atoms with Gasteiger partial charge in [-0.25, -0.2) is 0 Å². The third-order valence-corrected chi connectivity index (χ3v) is 5.56. The fourth-order valence-corrected chi connectivity index (χ4v) is 3.73. The van der Waals surface area contributed by atoms with Gasteiger partial charge in [-0.15, -0.1) is 0 Å². The Hall–Kier alpha value is -3.70. The van der Waals surface area contributed by atoms with E-state index < -0.39 is 0 Å². The summed E-state index contributed by atoms with van der Waals surface area (Å²) in [4.78, 5) is 0. The van der Waals surface area contributed by atoms with E-state index >= 15 is 0 Å². The van der Waals surface area contributed by atoms with Gasteiger partial charge in [-0.3, -0.25) is 0 Å². The van der Waals surface area contributed by atoms with E-state index in [0.29, 0.717) is 6.61 Å². The Kier molecular flexibility index (Phi) is 7.67. The maximum atomic E-state index is 5.88. The zero-order valence-corrected chi connectivity index (χ0v) is 19.4. The standard InChI is InChI=1S/C31H30O2/c1-3-5-6-21-33-31-20-17-28-22-25(11-14-29(28)23-31)8-7-24-9-12-26(13-10-24)27-15-18-30(19-16-27)32-4-2/h9-20,22-23H,3-6,21H2,1-2H3. The summed E-state index contributed by atoms with van der Waals surface area (Å²) >= 11 is 0. The molecule has 0 N–H and O–H groups in total. The molecule has 0 spiro atoms. The molecule has 0 bridgehead atoms. The van der Waals surface area contributed by atoms with Crippen molar-refractivity contribution in [1.29, 1.82) is 0 Å². The molecule has 0 radical (unpaired) electrons. The molecule has 0 fully saturated rings. The van der Waals surface area contributed by atoms with Gasteiger partial charge in [-0.1, -0.05) is 68.0 Å². The quantitative estimate of drug-likeness (QED) is 0.207. The van der Waals surface area contributed by atoms with Crippen molar-refractivity contribution in [2.24, 2.45) is 0 Å². The molecule has 0 saturated carbocycles. The molecule has 2 nitrogen and oxygen atoms in total. The smallest absolute Gasteiger partial charge is 0.119 e. The van der Waals surface area contributed by atoms with Crippen molar-refractivity contribution < 1.29 is 9.47 Å². The van der Waals surface area contributed by atoms with Crippen LogP contribution in [-0.2, 0) is 0 Å². The number of rotatable bonds is 8. The lowest BCUT2D eigenvalue weighted by Crippen LogP contribution is -1.96. The summed E-state index contributed by atoms with van der Waals surface area (Å²) in [6, 6.07) is 29.2. The van der Waals surface area contributed by atoms with E-state index in [4.69, 9.17) is 9.47 Å². The molecule has 4 aromatic rings. The van der Waals surface area contributed by atoms with E-state index in [9.17, 15) is 0 Å². The summed E-state index contributed by atoms with van der Waals surface area (Å²) < 4.78 is 11.4. The highest BCUT2D eigenvalue weighted by molar-refractivity contribution is 5.85. The van der Waals surface area contributed by atoms with Crippen molar-refractivity contribution in [2.45, 2.75) is 33.1 Å². The summed E-state index contributed by atoms with van der Waals surface area (Å²) in [6.45, 7) is 5.65. The van der Waals surface area contributed by atoms with Gasteiger partial charge < -0.3 is 9.47 Å². The third kappa shape index (κ3) is 6.18. The van der Waals surface area contributed by atoms with Gasteiger partial charge in [0, 0.05) is 11.1 Å². The van der Waals surface area contributed by atoms with Gasteiger partial charge in [-0.2, -0.15) is 0 Å². The second-order valence-corrected chi connectivity index (χ2v) is 8.06. The predicted octanol–water partition coefficient (Wildman–Crippen LogP) is 7.87. The summed E-state index contributed by atoms with van der Waals surface area (Å²) in [6.07, 6.45) is 3.52. The molecule has 0 aromatic heterocycles.